The Balaban J connectivity index is 0.00000529. The van der Waals surface area contributed by atoms with E-state index < -0.39 is 9.84 Å². The third kappa shape index (κ3) is 8.87. The summed E-state index contributed by atoms with van der Waals surface area (Å²) in [6.07, 6.45) is 6.36. The first-order valence-electron chi connectivity index (χ1n) is 9.05. The molecule has 0 aliphatic heterocycles. The van der Waals surface area contributed by atoms with E-state index in [0.717, 1.165) is 19.0 Å². The van der Waals surface area contributed by atoms with Crippen molar-refractivity contribution in [2.45, 2.75) is 59.8 Å². The molecular formula is C17H36IN3O2S. The highest BCUT2D eigenvalue weighted by Gasteiger charge is 2.34. The zero-order chi connectivity index (χ0) is 17.3. The average molecular weight is 473 g/mol. The van der Waals surface area contributed by atoms with E-state index >= 15 is 0 Å². The normalized spacial score (nSPS) is 17.6. The van der Waals surface area contributed by atoms with Gasteiger partial charge in [-0.15, -0.1) is 24.0 Å². The molecule has 24 heavy (non-hydrogen) atoms. The van der Waals surface area contributed by atoms with Crippen LogP contribution in [0.25, 0.3) is 0 Å². The molecule has 0 unspecified atom stereocenters. The number of nitrogens with one attached hydrogen (secondary N) is 2. The zero-order valence-corrected chi connectivity index (χ0v) is 18.9. The van der Waals surface area contributed by atoms with Crippen molar-refractivity contribution in [3.05, 3.63) is 0 Å². The molecule has 1 saturated carbocycles. The maximum atomic E-state index is 11.6. The Morgan fingerprint density at radius 1 is 1.17 bits per heavy atom. The molecule has 1 fully saturated rings. The third-order valence-corrected chi connectivity index (χ3v) is 6.27. The quantitative estimate of drug-likeness (QED) is 0.307. The summed E-state index contributed by atoms with van der Waals surface area (Å²) in [4.78, 5) is 4.77. The molecule has 0 saturated heterocycles. The highest BCUT2D eigenvalue weighted by molar-refractivity contribution is 14.0. The van der Waals surface area contributed by atoms with E-state index in [1.807, 2.05) is 6.92 Å². The molecule has 1 aliphatic carbocycles. The number of hydrogen-bond acceptors (Lipinski definition) is 3. The van der Waals surface area contributed by atoms with Crippen LogP contribution in [0.2, 0.25) is 0 Å². The van der Waals surface area contributed by atoms with Crippen molar-refractivity contribution >= 4 is 39.8 Å². The summed E-state index contributed by atoms with van der Waals surface area (Å²) in [5.41, 5.74) is 0.339. The lowest BCUT2D eigenvalue weighted by Gasteiger charge is -2.29. The fourth-order valence-corrected chi connectivity index (χ4v) is 4.18. The molecule has 2 N–H and O–H groups in total. The van der Waals surface area contributed by atoms with Crippen molar-refractivity contribution in [3.63, 3.8) is 0 Å². The van der Waals surface area contributed by atoms with Gasteiger partial charge in [0.25, 0.3) is 0 Å². The Morgan fingerprint density at radius 3 is 2.29 bits per heavy atom. The molecule has 0 bridgehead atoms. The van der Waals surface area contributed by atoms with Crippen molar-refractivity contribution in [2.24, 2.45) is 16.3 Å². The molecule has 144 valence electrons. The van der Waals surface area contributed by atoms with E-state index in [4.69, 9.17) is 4.99 Å². The minimum Gasteiger partial charge on any atom is -0.357 e. The second-order valence-electron chi connectivity index (χ2n) is 7.16. The van der Waals surface area contributed by atoms with Crippen LogP contribution in [0.1, 0.15) is 59.8 Å². The van der Waals surface area contributed by atoms with Crippen LogP contribution in [0.5, 0.6) is 0 Å². The van der Waals surface area contributed by atoms with Crippen LogP contribution in [-0.2, 0) is 9.84 Å². The van der Waals surface area contributed by atoms with Crippen LogP contribution in [0.4, 0.5) is 0 Å². The molecule has 0 heterocycles. The summed E-state index contributed by atoms with van der Waals surface area (Å²) in [7, 11) is -2.93. The van der Waals surface area contributed by atoms with E-state index in [0.29, 0.717) is 17.9 Å². The first-order valence-corrected chi connectivity index (χ1v) is 10.9. The van der Waals surface area contributed by atoms with Gasteiger partial charge in [0.05, 0.1) is 5.75 Å². The zero-order valence-electron chi connectivity index (χ0n) is 15.7. The summed E-state index contributed by atoms with van der Waals surface area (Å²) in [6, 6.07) is 0. The minimum absolute atomic E-state index is 0. The molecule has 0 spiro atoms. The van der Waals surface area contributed by atoms with Gasteiger partial charge in [0.1, 0.15) is 0 Å². The summed E-state index contributed by atoms with van der Waals surface area (Å²) in [6.45, 7) is 10.3. The van der Waals surface area contributed by atoms with Crippen molar-refractivity contribution < 1.29 is 8.42 Å². The van der Waals surface area contributed by atoms with Crippen LogP contribution >= 0.6 is 24.0 Å². The van der Waals surface area contributed by atoms with Gasteiger partial charge in [-0.3, -0.25) is 4.99 Å². The molecule has 0 amide bonds. The first kappa shape index (κ1) is 23.9. The predicted octanol–water partition coefficient (Wildman–Crippen LogP) is 3.20. The maximum absolute atomic E-state index is 11.6. The van der Waals surface area contributed by atoms with Gasteiger partial charge in [-0.05, 0) is 37.5 Å². The third-order valence-electron chi connectivity index (χ3n) is 4.57. The Morgan fingerprint density at radius 2 is 1.79 bits per heavy atom. The summed E-state index contributed by atoms with van der Waals surface area (Å²) < 4.78 is 23.2. The van der Waals surface area contributed by atoms with Crippen LogP contribution in [0.3, 0.4) is 0 Å². The summed E-state index contributed by atoms with van der Waals surface area (Å²) in [5, 5.41) is 6.39. The SMILES string of the molecule is CCNC(=NCC1(CC(C)C)CCCC1)NCCS(=O)(=O)CC.I. The molecule has 7 heteroatoms. The lowest BCUT2D eigenvalue weighted by atomic mass is 9.78. The van der Waals surface area contributed by atoms with Crippen molar-refractivity contribution in [1.29, 1.82) is 0 Å². The molecule has 0 aromatic rings. The second-order valence-corrected chi connectivity index (χ2v) is 9.64. The van der Waals surface area contributed by atoms with Crippen molar-refractivity contribution in [3.8, 4) is 0 Å². The number of aliphatic imine (C=N–C) groups is 1. The number of rotatable bonds is 9. The van der Waals surface area contributed by atoms with E-state index in [-0.39, 0.29) is 35.5 Å². The van der Waals surface area contributed by atoms with Crippen LogP contribution < -0.4 is 10.6 Å². The van der Waals surface area contributed by atoms with Gasteiger partial charge in [-0.25, -0.2) is 8.42 Å². The number of halogens is 1. The molecule has 0 atom stereocenters. The first-order chi connectivity index (χ1) is 10.8. The van der Waals surface area contributed by atoms with E-state index in [2.05, 4.69) is 24.5 Å². The highest BCUT2D eigenvalue weighted by Crippen LogP contribution is 2.43. The van der Waals surface area contributed by atoms with Crippen molar-refractivity contribution in [2.75, 3.05) is 31.1 Å². The minimum atomic E-state index is -2.93. The second kappa shape index (κ2) is 11.5. The monoisotopic (exact) mass is 473 g/mol. The van der Waals surface area contributed by atoms with Gasteiger partial charge in [0.2, 0.25) is 0 Å². The number of hydrogen-bond donors (Lipinski definition) is 2. The van der Waals surface area contributed by atoms with Gasteiger partial charge in [-0.1, -0.05) is 33.6 Å². The molecular weight excluding hydrogens is 437 g/mol. The Kier molecular flexibility index (Phi) is 11.5. The Labute approximate surface area is 165 Å². The van der Waals surface area contributed by atoms with E-state index in [1.165, 1.54) is 32.1 Å². The molecule has 5 nitrogen and oxygen atoms in total. The van der Waals surface area contributed by atoms with Gasteiger partial charge < -0.3 is 10.6 Å². The van der Waals surface area contributed by atoms with Crippen LogP contribution in [0, 0.1) is 11.3 Å². The van der Waals surface area contributed by atoms with Crippen LogP contribution in [0.15, 0.2) is 4.99 Å². The lowest BCUT2D eigenvalue weighted by molar-refractivity contribution is 0.245. The van der Waals surface area contributed by atoms with Crippen molar-refractivity contribution in [1.82, 2.24) is 10.6 Å². The van der Waals surface area contributed by atoms with Crippen LogP contribution in [-0.4, -0.2) is 45.5 Å². The largest absolute Gasteiger partial charge is 0.357 e. The Hall–Kier alpha value is -0.0500. The van der Waals surface area contributed by atoms with Gasteiger partial charge >= 0.3 is 0 Å². The Bertz CT molecular complexity index is 472. The smallest absolute Gasteiger partial charge is 0.191 e. The molecule has 0 aromatic heterocycles. The number of sulfone groups is 1. The molecule has 1 aliphatic rings. The maximum Gasteiger partial charge on any atom is 0.191 e. The van der Waals surface area contributed by atoms with Gasteiger partial charge in [0.15, 0.2) is 15.8 Å². The van der Waals surface area contributed by atoms with Gasteiger partial charge in [-0.2, -0.15) is 0 Å². The lowest BCUT2D eigenvalue weighted by Crippen LogP contribution is -2.40. The molecule has 1 rings (SSSR count). The van der Waals surface area contributed by atoms with E-state index in [1.54, 1.807) is 6.92 Å². The average Bonchev–Trinajstić information content (AvgIpc) is 2.92. The summed E-state index contributed by atoms with van der Waals surface area (Å²) >= 11 is 0. The molecule has 0 radical (unpaired) electrons. The van der Waals surface area contributed by atoms with Gasteiger partial charge in [0, 0.05) is 25.4 Å². The number of nitrogens with zero attached hydrogens (tertiary/aromatic N) is 1. The fraction of sp³-hybridized carbons (Fsp3) is 0.941. The standard InChI is InChI=1S/C17H35N3O2S.HI/c1-5-18-16(19-11-12-23(21,22)6-2)20-14-17(13-15(3)4)9-7-8-10-17;/h15H,5-14H2,1-4H3,(H2,18,19,20);1H. The topological polar surface area (TPSA) is 70.6 Å². The van der Waals surface area contributed by atoms with E-state index in [9.17, 15) is 8.42 Å². The molecule has 0 aromatic carbocycles. The number of guanidine groups is 1. The fourth-order valence-electron chi connectivity index (χ4n) is 3.48. The highest BCUT2D eigenvalue weighted by atomic mass is 127. The summed E-state index contributed by atoms with van der Waals surface area (Å²) in [5.74, 6) is 1.78. The predicted molar refractivity (Wildman–Crippen MR) is 114 cm³/mol.